The smallest absolute Gasteiger partial charge is 0.257 e. The predicted octanol–water partition coefficient (Wildman–Crippen LogP) is 3.64. The molecular formula is C18H12N6O2S. The molecule has 0 unspecified atom stereocenters. The molecule has 0 spiro atoms. The Kier molecular flexibility index (Phi) is 4.24. The minimum Gasteiger partial charge on any atom is -0.456 e. The van der Waals surface area contributed by atoms with Gasteiger partial charge in [0.2, 0.25) is 0 Å². The molecule has 4 rings (SSSR count). The van der Waals surface area contributed by atoms with Gasteiger partial charge in [0.25, 0.3) is 5.91 Å². The summed E-state index contributed by atoms with van der Waals surface area (Å²) in [6.07, 6.45) is 3.05. The molecule has 27 heavy (non-hydrogen) atoms. The van der Waals surface area contributed by atoms with Gasteiger partial charge in [0.05, 0.1) is 11.6 Å². The lowest BCUT2D eigenvalue weighted by Gasteiger charge is -2.08. The first-order valence-electron chi connectivity index (χ1n) is 7.89. The van der Waals surface area contributed by atoms with Gasteiger partial charge in [-0.3, -0.25) is 15.2 Å². The van der Waals surface area contributed by atoms with E-state index >= 15 is 0 Å². The lowest BCUT2D eigenvalue weighted by molar-refractivity contribution is 0.102. The molecular weight excluding hydrogens is 364 g/mol. The number of ether oxygens (including phenoxy) is 1. The maximum Gasteiger partial charge on any atom is 0.257 e. The van der Waals surface area contributed by atoms with E-state index in [4.69, 9.17) is 10.00 Å². The van der Waals surface area contributed by atoms with E-state index in [0.717, 1.165) is 22.4 Å². The van der Waals surface area contributed by atoms with Gasteiger partial charge in [0, 0.05) is 17.5 Å². The van der Waals surface area contributed by atoms with Crippen molar-refractivity contribution in [1.29, 1.82) is 5.26 Å². The summed E-state index contributed by atoms with van der Waals surface area (Å²) >= 11 is 1.12. The van der Waals surface area contributed by atoms with E-state index in [1.165, 1.54) is 6.20 Å². The van der Waals surface area contributed by atoms with Crippen LogP contribution in [0.4, 0.5) is 5.13 Å². The number of hydrogen-bond donors (Lipinski definition) is 2. The van der Waals surface area contributed by atoms with Crippen molar-refractivity contribution in [3.05, 3.63) is 58.9 Å². The van der Waals surface area contributed by atoms with Crippen LogP contribution in [0.15, 0.2) is 42.7 Å². The van der Waals surface area contributed by atoms with Gasteiger partial charge in [0.1, 0.15) is 22.4 Å². The number of nitrogens with zero attached hydrogens (tertiary/aromatic N) is 4. The van der Waals surface area contributed by atoms with Crippen molar-refractivity contribution >= 4 is 33.4 Å². The quantitative estimate of drug-likeness (QED) is 0.562. The van der Waals surface area contributed by atoms with Gasteiger partial charge < -0.3 is 4.74 Å². The molecule has 8 nitrogen and oxygen atoms in total. The van der Waals surface area contributed by atoms with E-state index in [9.17, 15) is 4.79 Å². The molecule has 0 aliphatic carbocycles. The van der Waals surface area contributed by atoms with E-state index in [2.05, 4.69) is 25.5 Å². The average molecular weight is 376 g/mol. The van der Waals surface area contributed by atoms with E-state index in [1.807, 2.05) is 13.0 Å². The van der Waals surface area contributed by atoms with Gasteiger partial charge in [-0.2, -0.15) is 10.4 Å². The van der Waals surface area contributed by atoms with Crippen LogP contribution in [0.1, 0.15) is 20.9 Å². The second-order valence-electron chi connectivity index (χ2n) is 5.58. The first kappa shape index (κ1) is 16.7. The predicted molar refractivity (Wildman–Crippen MR) is 99.9 cm³/mol. The number of amides is 1. The highest BCUT2D eigenvalue weighted by molar-refractivity contribution is 7.16. The molecule has 3 heterocycles. The van der Waals surface area contributed by atoms with Crippen LogP contribution in [-0.2, 0) is 0 Å². The molecule has 2 N–H and O–H groups in total. The first-order valence-corrected chi connectivity index (χ1v) is 8.70. The fourth-order valence-electron chi connectivity index (χ4n) is 2.50. The summed E-state index contributed by atoms with van der Waals surface area (Å²) in [5.41, 5.74) is 1.90. The Morgan fingerprint density at radius 2 is 2.07 bits per heavy atom. The van der Waals surface area contributed by atoms with E-state index in [0.29, 0.717) is 32.7 Å². The minimum absolute atomic E-state index is 0.308. The summed E-state index contributed by atoms with van der Waals surface area (Å²) in [7, 11) is 0. The number of aryl methyl sites for hydroxylation is 1. The third-order valence-electron chi connectivity index (χ3n) is 3.78. The van der Waals surface area contributed by atoms with Crippen LogP contribution in [0.5, 0.6) is 11.5 Å². The normalized spacial score (nSPS) is 10.5. The lowest BCUT2D eigenvalue weighted by Crippen LogP contribution is -2.11. The number of pyridine rings is 1. The van der Waals surface area contributed by atoms with Gasteiger partial charge in [-0.05, 0) is 37.3 Å². The van der Waals surface area contributed by atoms with Gasteiger partial charge in [-0.25, -0.2) is 9.97 Å². The molecule has 0 saturated heterocycles. The van der Waals surface area contributed by atoms with Crippen molar-refractivity contribution in [2.45, 2.75) is 6.92 Å². The Balaban J connectivity index is 1.51. The van der Waals surface area contributed by atoms with Crippen molar-refractivity contribution in [2.75, 3.05) is 5.32 Å². The number of carbonyl (C=O) groups excluding carboxylic acids is 1. The molecule has 3 aromatic heterocycles. The highest BCUT2D eigenvalue weighted by atomic mass is 32.1. The molecule has 132 valence electrons. The number of carbonyl (C=O) groups is 1. The maximum atomic E-state index is 12.3. The molecule has 0 bridgehead atoms. The second-order valence-corrected chi connectivity index (χ2v) is 6.61. The summed E-state index contributed by atoms with van der Waals surface area (Å²) in [4.78, 5) is 20.9. The molecule has 1 aromatic carbocycles. The number of nitriles is 1. The van der Waals surface area contributed by atoms with Gasteiger partial charge >= 0.3 is 0 Å². The fraction of sp³-hybridized carbons (Fsp3) is 0.0556. The molecule has 0 atom stereocenters. The van der Waals surface area contributed by atoms with E-state index in [-0.39, 0.29) is 5.91 Å². The van der Waals surface area contributed by atoms with Crippen LogP contribution in [0, 0.1) is 18.3 Å². The molecule has 0 aliphatic heterocycles. The summed E-state index contributed by atoms with van der Waals surface area (Å²) < 4.78 is 5.92. The lowest BCUT2D eigenvalue weighted by atomic mass is 10.2. The van der Waals surface area contributed by atoms with Crippen molar-refractivity contribution in [3.8, 4) is 17.6 Å². The van der Waals surface area contributed by atoms with Gasteiger partial charge in [0.15, 0.2) is 10.8 Å². The summed E-state index contributed by atoms with van der Waals surface area (Å²) in [5.74, 6) is 0.910. The van der Waals surface area contributed by atoms with Crippen LogP contribution in [-0.4, -0.2) is 26.1 Å². The molecule has 1 amide bonds. The highest BCUT2D eigenvalue weighted by Crippen LogP contribution is 2.30. The third kappa shape index (κ3) is 3.33. The summed E-state index contributed by atoms with van der Waals surface area (Å²) in [6, 6.07) is 10.5. The van der Waals surface area contributed by atoms with Crippen molar-refractivity contribution in [3.63, 3.8) is 0 Å². The molecule has 9 heteroatoms. The number of hydrogen-bond acceptors (Lipinski definition) is 7. The maximum absolute atomic E-state index is 12.3. The van der Waals surface area contributed by atoms with Crippen LogP contribution in [0.25, 0.3) is 11.0 Å². The van der Waals surface area contributed by atoms with Gasteiger partial charge in [-0.15, -0.1) is 0 Å². The Labute approximate surface area is 157 Å². The van der Waals surface area contributed by atoms with Crippen molar-refractivity contribution in [2.24, 2.45) is 0 Å². The monoisotopic (exact) mass is 376 g/mol. The van der Waals surface area contributed by atoms with Crippen LogP contribution >= 0.6 is 11.3 Å². The van der Waals surface area contributed by atoms with Crippen LogP contribution < -0.4 is 10.1 Å². The Bertz CT molecular complexity index is 1170. The molecule has 0 saturated carbocycles. The Morgan fingerprint density at radius 3 is 2.81 bits per heavy atom. The number of anilines is 1. The van der Waals surface area contributed by atoms with Crippen molar-refractivity contribution in [1.82, 2.24) is 20.2 Å². The van der Waals surface area contributed by atoms with E-state index < -0.39 is 0 Å². The number of nitrogens with one attached hydrogen (secondary N) is 2. The summed E-state index contributed by atoms with van der Waals surface area (Å²) in [6.45, 7) is 1.90. The number of aromatic nitrogens is 4. The average Bonchev–Trinajstić information content (AvgIpc) is 3.29. The minimum atomic E-state index is -0.308. The summed E-state index contributed by atoms with van der Waals surface area (Å²) in [5, 5.41) is 19.7. The molecule has 0 aliphatic rings. The number of rotatable bonds is 4. The largest absolute Gasteiger partial charge is 0.456 e. The molecule has 0 fully saturated rings. The molecule has 0 radical (unpaired) electrons. The third-order valence-corrected chi connectivity index (χ3v) is 4.60. The SMILES string of the molecule is Cc1[nH]nc2nccc(Oc3ccc(C(=O)Nc4ncc(C#N)s4)cc3)c12. The zero-order valence-electron chi connectivity index (χ0n) is 14.1. The number of aromatic amines is 1. The number of benzene rings is 1. The van der Waals surface area contributed by atoms with E-state index in [1.54, 1.807) is 36.5 Å². The second kappa shape index (κ2) is 6.86. The van der Waals surface area contributed by atoms with Crippen molar-refractivity contribution < 1.29 is 9.53 Å². The first-order chi connectivity index (χ1) is 13.1. The number of thiazole rings is 1. The number of fused-ring (bicyclic) bond motifs is 1. The Morgan fingerprint density at radius 1 is 1.26 bits per heavy atom. The number of H-pyrrole nitrogens is 1. The standard InChI is InChI=1S/C18H12N6O2S/c1-10-15-14(6-7-20-16(15)24-23-10)26-12-4-2-11(3-5-12)17(25)22-18-21-9-13(8-19)27-18/h2-7,9H,1H3,(H,20,23,24)(H,21,22,25). The zero-order valence-corrected chi connectivity index (χ0v) is 14.9. The zero-order chi connectivity index (χ0) is 18.8. The van der Waals surface area contributed by atoms with Gasteiger partial charge in [-0.1, -0.05) is 11.3 Å². The molecule has 4 aromatic rings. The van der Waals surface area contributed by atoms with Crippen LogP contribution in [0.3, 0.4) is 0 Å². The topological polar surface area (TPSA) is 117 Å². The Hall–Kier alpha value is -3.77. The van der Waals surface area contributed by atoms with Crippen LogP contribution in [0.2, 0.25) is 0 Å². The highest BCUT2D eigenvalue weighted by Gasteiger charge is 2.12. The fourth-order valence-corrected chi connectivity index (χ4v) is 3.11.